The molecule has 0 fully saturated rings. The van der Waals surface area contributed by atoms with Gasteiger partial charge in [-0.25, -0.2) is 9.37 Å². The minimum Gasteiger partial charge on any atom is -0.424 e. The maximum atomic E-state index is 12.8. The minimum absolute atomic E-state index is 0.0408. The Hall–Kier alpha value is -2.48. The smallest absolute Gasteiger partial charge is 0.229 e. The molecule has 0 amide bonds. The van der Waals surface area contributed by atoms with Gasteiger partial charge in [0, 0.05) is 6.92 Å². The third-order valence-electron chi connectivity index (χ3n) is 2.96. The Morgan fingerprint density at radius 2 is 2.00 bits per heavy atom. The molecule has 2 aromatic heterocycles. The van der Waals surface area contributed by atoms with Crippen molar-refractivity contribution >= 4 is 23.9 Å². The molecule has 0 saturated heterocycles. The van der Waals surface area contributed by atoms with E-state index in [1.165, 1.54) is 23.9 Å². The van der Waals surface area contributed by atoms with Gasteiger partial charge in [0.2, 0.25) is 16.9 Å². The summed E-state index contributed by atoms with van der Waals surface area (Å²) in [7, 11) is 0. The summed E-state index contributed by atoms with van der Waals surface area (Å²) in [5, 5.41) is 15.3. The van der Waals surface area contributed by atoms with Crippen LogP contribution < -0.4 is 0 Å². The maximum absolute atomic E-state index is 12.8. The fraction of sp³-hybridized carbons (Fsp3) is 0.200. The highest BCUT2D eigenvalue weighted by Gasteiger charge is 2.16. The van der Waals surface area contributed by atoms with E-state index < -0.39 is 0 Å². The number of H-pyrrole nitrogens is 1. The van der Waals surface area contributed by atoms with E-state index in [0.717, 1.165) is 5.56 Å². The number of nitrogens with one attached hydrogen (secondary N) is 1. The Labute approximate surface area is 136 Å². The van der Waals surface area contributed by atoms with Crippen LogP contribution in [0.15, 0.2) is 33.8 Å². The van der Waals surface area contributed by atoms with Crippen molar-refractivity contribution in [2.24, 2.45) is 0 Å². The summed E-state index contributed by atoms with van der Waals surface area (Å²) in [5.74, 6) is 1.43. The molecule has 1 atom stereocenters. The van der Waals surface area contributed by atoms with Crippen molar-refractivity contribution in [2.75, 3.05) is 0 Å². The van der Waals surface area contributed by atoms with Crippen molar-refractivity contribution < 1.29 is 8.81 Å². The molecule has 3 aromatic rings. The van der Waals surface area contributed by atoms with E-state index in [4.69, 9.17) is 4.42 Å². The topological polar surface area (TPSA) is 80.5 Å². The Morgan fingerprint density at radius 1 is 1.22 bits per heavy atom. The van der Waals surface area contributed by atoms with Crippen molar-refractivity contribution in [1.82, 2.24) is 25.4 Å². The summed E-state index contributed by atoms with van der Waals surface area (Å²) in [5.41, 5.74) is 0.881. The molecule has 118 valence electrons. The molecule has 8 heteroatoms. The molecule has 23 heavy (non-hydrogen) atoms. The lowest BCUT2D eigenvalue weighted by Gasteiger charge is -2.01. The van der Waals surface area contributed by atoms with E-state index in [0.29, 0.717) is 22.8 Å². The third kappa shape index (κ3) is 4.04. The lowest BCUT2D eigenvalue weighted by Crippen LogP contribution is -1.89. The van der Waals surface area contributed by atoms with Gasteiger partial charge >= 0.3 is 0 Å². The summed E-state index contributed by atoms with van der Waals surface area (Å²) in [6.07, 6.45) is 3.62. The van der Waals surface area contributed by atoms with Gasteiger partial charge in [-0.15, -0.1) is 15.3 Å². The van der Waals surface area contributed by atoms with Crippen LogP contribution in [0.1, 0.15) is 35.3 Å². The first-order valence-electron chi connectivity index (χ1n) is 6.93. The number of aryl methyl sites for hydroxylation is 1. The first-order valence-corrected chi connectivity index (χ1v) is 7.81. The molecule has 0 bridgehead atoms. The summed E-state index contributed by atoms with van der Waals surface area (Å²) in [4.78, 5) is 4.36. The number of hydrogen-bond donors (Lipinski definition) is 1. The molecule has 0 aliphatic rings. The van der Waals surface area contributed by atoms with Gasteiger partial charge in [-0.2, -0.15) is 0 Å². The molecule has 1 aromatic carbocycles. The molecule has 0 saturated carbocycles. The van der Waals surface area contributed by atoms with Crippen molar-refractivity contribution in [1.29, 1.82) is 0 Å². The first-order chi connectivity index (χ1) is 11.1. The molecular weight excluding hydrogens is 317 g/mol. The van der Waals surface area contributed by atoms with E-state index in [9.17, 15) is 4.39 Å². The molecular formula is C15H14FN5OS. The molecule has 6 nitrogen and oxygen atoms in total. The normalized spacial score (nSPS) is 12.8. The molecule has 0 unspecified atom stereocenters. The van der Waals surface area contributed by atoms with Crippen LogP contribution in [0.5, 0.6) is 0 Å². The molecule has 0 radical (unpaired) electrons. The average molecular weight is 331 g/mol. The standard InChI is InChI=1S/C15H14FN5OS/c1-9(14-20-18-10(2)22-14)23-15-17-13(19-21-15)8-5-11-3-6-12(16)7-4-11/h3-9H,1-2H3,(H,17,19,21)/b8-5+/t9-/m0/s1. The molecule has 1 N–H and O–H groups in total. The van der Waals surface area contributed by atoms with Gasteiger partial charge in [0.15, 0.2) is 0 Å². The predicted octanol–water partition coefficient (Wildman–Crippen LogP) is 3.66. The minimum atomic E-state index is -0.259. The summed E-state index contributed by atoms with van der Waals surface area (Å²) < 4.78 is 18.2. The molecule has 0 aliphatic heterocycles. The largest absolute Gasteiger partial charge is 0.424 e. The molecule has 3 rings (SSSR count). The second kappa shape index (κ2) is 6.74. The van der Waals surface area contributed by atoms with Crippen LogP contribution in [-0.2, 0) is 0 Å². The second-order valence-electron chi connectivity index (χ2n) is 4.81. The maximum Gasteiger partial charge on any atom is 0.229 e. The fourth-order valence-corrected chi connectivity index (χ4v) is 2.58. The number of nitrogens with zero attached hydrogens (tertiary/aromatic N) is 4. The molecule has 2 heterocycles. The number of aromatic nitrogens is 5. The highest BCUT2D eigenvalue weighted by Crippen LogP contribution is 2.31. The third-order valence-corrected chi connectivity index (χ3v) is 3.91. The second-order valence-corrected chi connectivity index (χ2v) is 6.12. The molecule has 0 spiro atoms. The van der Waals surface area contributed by atoms with Crippen molar-refractivity contribution in [3.05, 3.63) is 53.3 Å². The van der Waals surface area contributed by atoms with E-state index in [2.05, 4.69) is 25.4 Å². The monoisotopic (exact) mass is 331 g/mol. The zero-order chi connectivity index (χ0) is 16.2. The van der Waals surface area contributed by atoms with Crippen LogP contribution in [0, 0.1) is 12.7 Å². The predicted molar refractivity (Wildman–Crippen MR) is 85.0 cm³/mol. The van der Waals surface area contributed by atoms with Gasteiger partial charge in [-0.05, 0) is 30.7 Å². The van der Waals surface area contributed by atoms with Gasteiger partial charge < -0.3 is 4.42 Å². The summed E-state index contributed by atoms with van der Waals surface area (Å²) >= 11 is 1.42. The van der Waals surface area contributed by atoms with Crippen LogP contribution >= 0.6 is 11.8 Å². The number of hydrogen-bond acceptors (Lipinski definition) is 6. The lowest BCUT2D eigenvalue weighted by atomic mass is 10.2. The highest BCUT2D eigenvalue weighted by atomic mass is 32.2. The van der Waals surface area contributed by atoms with Crippen LogP contribution in [0.25, 0.3) is 12.2 Å². The number of rotatable bonds is 5. The summed E-state index contributed by atoms with van der Waals surface area (Å²) in [6, 6.07) is 6.21. The van der Waals surface area contributed by atoms with Gasteiger partial charge in [0.25, 0.3) is 0 Å². The Kier molecular flexibility index (Phi) is 4.52. The van der Waals surface area contributed by atoms with Crippen LogP contribution in [0.3, 0.4) is 0 Å². The van der Waals surface area contributed by atoms with E-state index >= 15 is 0 Å². The number of thioether (sulfide) groups is 1. The lowest BCUT2D eigenvalue weighted by molar-refractivity contribution is 0.470. The van der Waals surface area contributed by atoms with E-state index in [1.807, 2.05) is 13.0 Å². The SMILES string of the molecule is Cc1nnc([C@H](C)Sc2n[nH]c(/C=C/c3ccc(F)cc3)n2)o1. The zero-order valence-corrected chi connectivity index (χ0v) is 13.3. The first kappa shape index (κ1) is 15.4. The van der Waals surface area contributed by atoms with Crippen molar-refractivity contribution in [3.8, 4) is 0 Å². The van der Waals surface area contributed by atoms with Gasteiger partial charge in [-0.3, -0.25) is 5.10 Å². The van der Waals surface area contributed by atoms with E-state index in [1.54, 1.807) is 25.1 Å². The van der Waals surface area contributed by atoms with E-state index in [-0.39, 0.29) is 11.1 Å². The summed E-state index contributed by atoms with van der Waals surface area (Å²) in [6.45, 7) is 3.70. The van der Waals surface area contributed by atoms with Crippen molar-refractivity contribution in [3.63, 3.8) is 0 Å². The Balaban J connectivity index is 1.64. The molecule has 0 aliphatic carbocycles. The number of benzene rings is 1. The average Bonchev–Trinajstić information content (AvgIpc) is 3.16. The Bertz CT molecular complexity index is 811. The van der Waals surface area contributed by atoms with Crippen LogP contribution in [-0.4, -0.2) is 25.4 Å². The van der Waals surface area contributed by atoms with Gasteiger partial charge in [-0.1, -0.05) is 30.0 Å². The quantitative estimate of drug-likeness (QED) is 0.719. The van der Waals surface area contributed by atoms with Gasteiger partial charge in [0.05, 0.1) is 5.25 Å². The van der Waals surface area contributed by atoms with Crippen LogP contribution in [0.4, 0.5) is 4.39 Å². The highest BCUT2D eigenvalue weighted by molar-refractivity contribution is 7.99. The van der Waals surface area contributed by atoms with Crippen molar-refractivity contribution in [2.45, 2.75) is 24.3 Å². The number of halogens is 1. The fourth-order valence-electron chi connectivity index (χ4n) is 1.82. The Morgan fingerprint density at radius 3 is 2.70 bits per heavy atom. The van der Waals surface area contributed by atoms with Crippen LogP contribution in [0.2, 0.25) is 0 Å². The zero-order valence-electron chi connectivity index (χ0n) is 12.5. The number of aromatic amines is 1. The van der Waals surface area contributed by atoms with Gasteiger partial charge in [0.1, 0.15) is 11.6 Å².